The lowest BCUT2D eigenvalue weighted by atomic mass is 10.1. The van der Waals surface area contributed by atoms with Gasteiger partial charge in [-0.25, -0.2) is 0 Å². The summed E-state index contributed by atoms with van der Waals surface area (Å²) in [5.41, 5.74) is 0.0593. The molecule has 21 heavy (non-hydrogen) atoms. The summed E-state index contributed by atoms with van der Waals surface area (Å²) in [4.78, 5) is 22.5. The minimum Gasteiger partial charge on any atom is -0.493 e. The standard InChI is InChI=1S/C13H15F2NO5/c1-7(12(18)19)6-16-11(17)8-3-4-9(20-2)10(5-8)21-13(14)15/h3-5,7,13H,6H2,1-2H3,(H,16,17)(H,18,19). The van der Waals surface area contributed by atoms with Gasteiger partial charge >= 0.3 is 12.6 Å². The molecule has 1 amide bonds. The Morgan fingerprint density at radius 1 is 1.33 bits per heavy atom. The number of rotatable bonds is 7. The lowest BCUT2D eigenvalue weighted by Crippen LogP contribution is -2.31. The summed E-state index contributed by atoms with van der Waals surface area (Å²) in [6.45, 7) is -1.70. The van der Waals surface area contributed by atoms with Crippen LogP contribution in [0, 0.1) is 5.92 Å². The van der Waals surface area contributed by atoms with Crippen molar-refractivity contribution in [3.8, 4) is 11.5 Å². The number of aliphatic carboxylic acids is 1. The molecule has 0 bridgehead atoms. The fraction of sp³-hybridized carbons (Fsp3) is 0.385. The van der Waals surface area contributed by atoms with Gasteiger partial charge in [-0.05, 0) is 18.2 Å². The third-order valence-corrected chi connectivity index (χ3v) is 2.63. The number of hydrogen-bond acceptors (Lipinski definition) is 4. The number of alkyl halides is 2. The Morgan fingerprint density at radius 2 is 2.00 bits per heavy atom. The number of hydrogen-bond donors (Lipinski definition) is 2. The molecule has 6 nitrogen and oxygen atoms in total. The van der Waals surface area contributed by atoms with E-state index in [1.807, 2.05) is 0 Å². The molecular formula is C13H15F2NO5. The highest BCUT2D eigenvalue weighted by molar-refractivity contribution is 5.95. The van der Waals surface area contributed by atoms with Gasteiger partial charge in [-0.3, -0.25) is 9.59 Å². The van der Waals surface area contributed by atoms with Gasteiger partial charge in [-0.15, -0.1) is 0 Å². The van der Waals surface area contributed by atoms with Crippen LogP contribution in [0.1, 0.15) is 17.3 Å². The smallest absolute Gasteiger partial charge is 0.387 e. The molecule has 1 unspecified atom stereocenters. The second-order valence-electron chi connectivity index (χ2n) is 4.19. The zero-order chi connectivity index (χ0) is 16.0. The van der Waals surface area contributed by atoms with Crippen molar-refractivity contribution in [1.82, 2.24) is 5.32 Å². The van der Waals surface area contributed by atoms with Crippen LogP contribution in [0.2, 0.25) is 0 Å². The molecule has 1 aromatic rings. The van der Waals surface area contributed by atoms with Crippen molar-refractivity contribution in [1.29, 1.82) is 0 Å². The van der Waals surface area contributed by atoms with Gasteiger partial charge in [0.25, 0.3) is 5.91 Å². The van der Waals surface area contributed by atoms with Crippen LogP contribution in [-0.4, -0.2) is 37.2 Å². The fourth-order valence-corrected chi connectivity index (χ4v) is 1.44. The summed E-state index contributed by atoms with van der Waals surface area (Å²) in [5.74, 6) is -2.61. The first kappa shape index (κ1) is 16.7. The number of halogens is 2. The van der Waals surface area contributed by atoms with Gasteiger partial charge < -0.3 is 19.9 Å². The van der Waals surface area contributed by atoms with Crippen LogP contribution in [0.5, 0.6) is 11.5 Å². The van der Waals surface area contributed by atoms with Gasteiger partial charge in [0, 0.05) is 12.1 Å². The predicted molar refractivity (Wildman–Crippen MR) is 68.8 cm³/mol. The number of carboxylic acids is 1. The number of ether oxygens (including phenoxy) is 2. The summed E-state index contributed by atoms with van der Waals surface area (Å²) in [6, 6.07) is 3.77. The second kappa shape index (κ2) is 7.41. The molecule has 1 rings (SSSR count). The zero-order valence-electron chi connectivity index (χ0n) is 11.4. The largest absolute Gasteiger partial charge is 0.493 e. The van der Waals surface area contributed by atoms with E-state index in [-0.39, 0.29) is 23.6 Å². The topological polar surface area (TPSA) is 84.9 Å². The number of carboxylic acid groups (broad SMARTS) is 1. The minimum atomic E-state index is -3.05. The van der Waals surface area contributed by atoms with E-state index in [4.69, 9.17) is 9.84 Å². The highest BCUT2D eigenvalue weighted by atomic mass is 19.3. The van der Waals surface area contributed by atoms with Crippen LogP contribution >= 0.6 is 0 Å². The van der Waals surface area contributed by atoms with E-state index in [9.17, 15) is 18.4 Å². The van der Waals surface area contributed by atoms with E-state index in [0.717, 1.165) is 6.07 Å². The molecule has 0 fully saturated rings. The van der Waals surface area contributed by atoms with Crippen molar-refractivity contribution in [3.05, 3.63) is 23.8 Å². The monoisotopic (exact) mass is 303 g/mol. The highest BCUT2D eigenvalue weighted by Gasteiger charge is 2.16. The van der Waals surface area contributed by atoms with Crippen molar-refractivity contribution in [2.45, 2.75) is 13.5 Å². The van der Waals surface area contributed by atoms with Gasteiger partial charge in [-0.2, -0.15) is 8.78 Å². The van der Waals surface area contributed by atoms with Crippen LogP contribution in [0.4, 0.5) is 8.78 Å². The first-order valence-corrected chi connectivity index (χ1v) is 5.99. The molecule has 116 valence electrons. The lowest BCUT2D eigenvalue weighted by molar-refractivity contribution is -0.140. The third kappa shape index (κ3) is 4.90. The van der Waals surface area contributed by atoms with Gasteiger partial charge in [-0.1, -0.05) is 6.92 Å². The predicted octanol–water partition coefficient (Wildman–Crippen LogP) is 1.75. The molecule has 0 saturated carbocycles. The Morgan fingerprint density at radius 3 is 2.52 bits per heavy atom. The Hall–Kier alpha value is -2.38. The van der Waals surface area contributed by atoms with Gasteiger partial charge in [0.1, 0.15) is 0 Å². The van der Waals surface area contributed by atoms with Gasteiger partial charge in [0.2, 0.25) is 0 Å². The Labute approximate surface area is 119 Å². The molecule has 8 heteroatoms. The third-order valence-electron chi connectivity index (χ3n) is 2.63. The molecule has 0 spiro atoms. The maximum atomic E-state index is 12.3. The first-order valence-electron chi connectivity index (χ1n) is 5.99. The molecule has 1 aromatic carbocycles. The summed E-state index contributed by atoms with van der Waals surface area (Å²) in [6.07, 6.45) is 0. The van der Waals surface area contributed by atoms with Gasteiger partial charge in [0.05, 0.1) is 13.0 Å². The van der Waals surface area contributed by atoms with Crippen molar-refractivity contribution >= 4 is 11.9 Å². The molecule has 0 saturated heterocycles. The molecule has 0 aliphatic carbocycles. The number of carbonyl (C=O) groups is 2. The van der Waals surface area contributed by atoms with Crippen LogP contribution in [-0.2, 0) is 4.79 Å². The van der Waals surface area contributed by atoms with Crippen molar-refractivity contribution in [3.63, 3.8) is 0 Å². The maximum absolute atomic E-state index is 12.3. The molecule has 1 atom stereocenters. The highest BCUT2D eigenvalue weighted by Crippen LogP contribution is 2.29. The molecule has 2 N–H and O–H groups in total. The number of methoxy groups -OCH3 is 1. The fourth-order valence-electron chi connectivity index (χ4n) is 1.44. The van der Waals surface area contributed by atoms with Crippen LogP contribution in [0.15, 0.2) is 18.2 Å². The number of carbonyl (C=O) groups excluding carboxylic acids is 1. The molecule has 0 aromatic heterocycles. The molecule has 0 radical (unpaired) electrons. The second-order valence-corrected chi connectivity index (χ2v) is 4.19. The molecule has 0 aliphatic rings. The first-order chi connectivity index (χ1) is 9.85. The summed E-state index contributed by atoms with van der Waals surface area (Å²) >= 11 is 0. The van der Waals surface area contributed by atoms with E-state index in [0.29, 0.717) is 0 Å². The number of amides is 1. The molecular weight excluding hydrogens is 288 g/mol. The average molecular weight is 303 g/mol. The minimum absolute atomic E-state index is 0.0593. The van der Waals surface area contributed by atoms with Crippen LogP contribution < -0.4 is 14.8 Å². The molecule has 0 heterocycles. The normalized spacial score (nSPS) is 11.9. The van der Waals surface area contributed by atoms with E-state index < -0.39 is 24.4 Å². The summed E-state index contributed by atoms with van der Waals surface area (Å²) in [7, 11) is 1.28. The Bertz CT molecular complexity index is 521. The van der Waals surface area contributed by atoms with Crippen molar-refractivity contribution in [2.24, 2.45) is 5.92 Å². The number of benzene rings is 1. The van der Waals surface area contributed by atoms with Crippen molar-refractivity contribution < 1.29 is 33.0 Å². The summed E-state index contributed by atoms with van der Waals surface area (Å²) in [5, 5.41) is 11.1. The zero-order valence-corrected chi connectivity index (χ0v) is 11.4. The van der Waals surface area contributed by atoms with E-state index in [1.165, 1.54) is 26.2 Å². The van der Waals surface area contributed by atoms with Crippen LogP contribution in [0.25, 0.3) is 0 Å². The van der Waals surface area contributed by atoms with Crippen molar-refractivity contribution in [2.75, 3.05) is 13.7 Å². The lowest BCUT2D eigenvalue weighted by Gasteiger charge is -2.12. The maximum Gasteiger partial charge on any atom is 0.387 e. The SMILES string of the molecule is COc1ccc(C(=O)NCC(C)C(=O)O)cc1OC(F)F. The van der Waals surface area contributed by atoms with E-state index in [2.05, 4.69) is 10.1 Å². The van der Waals surface area contributed by atoms with Crippen LogP contribution in [0.3, 0.4) is 0 Å². The Balaban J connectivity index is 2.82. The number of nitrogens with one attached hydrogen (secondary N) is 1. The van der Waals surface area contributed by atoms with E-state index >= 15 is 0 Å². The van der Waals surface area contributed by atoms with Gasteiger partial charge in [0.15, 0.2) is 11.5 Å². The van der Waals surface area contributed by atoms with E-state index in [1.54, 1.807) is 0 Å². The summed E-state index contributed by atoms with van der Waals surface area (Å²) < 4.78 is 33.6. The molecule has 0 aliphatic heterocycles. The Kier molecular flexibility index (Phi) is 5.89. The average Bonchev–Trinajstić information content (AvgIpc) is 2.43. The quantitative estimate of drug-likeness (QED) is 0.801.